The number of halogens is 1. The largest absolute Gasteiger partial charge is 0.326 e. The van der Waals surface area contributed by atoms with Crippen molar-refractivity contribution < 1.29 is 9.59 Å². The topological polar surface area (TPSA) is 49.4 Å². The van der Waals surface area contributed by atoms with Crippen LogP contribution < -0.4 is 10.2 Å². The van der Waals surface area contributed by atoms with E-state index in [1.165, 1.54) is 0 Å². The average molecular weight is 415 g/mol. The third-order valence-corrected chi connectivity index (χ3v) is 6.89. The molecule has 2 aromatic carbocycles. The van der Waals surface area contributed by atoms with Gasteiger partial charge in [0.15, 0.2) is 0 Å². The number of benzene rings is 2. The Bertz CT molecular complexity index is 917. The van der Waals surface area contributed by atoms with Gasteiger partial charge in [-0.1, -0.05) is 36.7 Å². The summed E-state index contributed by atoms with van der Waals surface area (Å²) in [6.07, 6.45) is 2.52. The standard InChI is InChI=1S/C22H23ClN2O2S/c1-14-10-11-25(19-13-17(23)7-8-20(19)28-14)21(26)9-6-16-12-15-4-2-3-5-18(15)24-22(16)27/h2-5,7-8,13-14,16H,6,9-12H2,1H3,(H,24,27). The zero-order chi connectivity index (χ0) is 19.7. The molecule has 0 saturated heterocycles. The molecular weight excluding hydrogens is 392 g/mol. The molecule has 146 valence electrons. The van der Waals surface area contributed by atoms with E-state index in [9.17, 15) is 9.59 Å². The highest BCUT2D eigenvalue weighted by molar-refractivity contribution is 8.00. The lowest BCUT2D eigenvalue weighted by molar-refractivity contribution is -0.121. The van der Waals surface area contributed by atoms with Gasteiger partial charge in [0.1, 0.15) is 0 Å². The molecule has 0 aliphatic carbocycles. The first-order valence-corrected chi connectivity index (χ1v) is 10.9. The quantitative estimate of drug-likeness (QED) is 0.755. The predicted octanol–water partition coefficient (Wildman–Crippen LogP) is 5.15. The van der Waals surface area contributed by atoms with E-state index in [1.807, 2.05) is 47.4 Å². The maximum absolute atomic E-state index is 13.1. The summed E-state index contributed by atoms with van der Waals surface area (Å²) in [7, 11) is 0. The Labute approximate surface area is 174 Å². The first kappa shape index (κ1) is 19.3. The van der Waals surface area contributed by atoms with Crippen molar-refractivity contribution >= 4 is 46.6 Å². The molecule has 0 bridgehead atoms. The Morgan fingerprint density at radius 2 is 2.11 bits per heavy atom. The van der Waals surface area contributed by atoms with Crippen molar-refractivity contribution in [2.24, 2.45) is 5.92 Å². The predicted molar refractivity (Wildman–Crippen MR) is 115 cm³/mol. The van der Waals surface area contributed by atoms with Crippen molar-refractivity contribution in [2.75, 3.05) is 16.8 Å². The zero-order valence-corrected chi connectivity index (χ0v) is 17.4. The van der Waals surface area contributed by atoms with Gasteiger partial charge in [-0.15, -0.1) is 11.8 Å². The molecule has 2 unspecified atom stereocenters. The van der Waals surface area contributed by atoms with Crippen LogP contribution in [0, 0.1) is 5.92 Å². The molecule has 1 N–H and O–H groups in total. The van der Waals surface area contributed by atoms with Crippen LogP contribution in [0.5, 0.6) is 0 Å². The molecule has 6 heteroatoms. The van der Waals surface area contributed by atoms with E-state index in [-0.39, 0.29) is 17.7 Å². The number of nitrogens with zero attached hydrogens (tertiary/aromatic N) is 1. The van der Waals surface area contributed by atoms with Crippen LogP contribution in [0.4, 0.5) is 11.4 Å². The van der Waals surface area contributed by atoms with E-state index in [0.717, 1.165) is 28.3 Å². The fourth-order valence-electron chi connectivity index (χ4n) is 3.85. The van der Waals surface area contributed by atoms with Crippen LogP contribution in [0.1, 0.15) is 31.7 Å². The minimum absolute atomic E-state index is 0.00925. The maximum Gasteiger partial charge on any atom is 0.227 e. The van der Waals surface area contributed by atoms with Crippen LogP contribution >= 0.6 is 23.4 Å². The smallest absolute Gasteiger partial charge is 0.227 e. The molecular formula is C22H23ClN2O2S. The van der Waals surface area contributed by atoms with Crippen LogP contribution in [0.15, 0.2) is 47.4 Å². The molecule has 2 amide bonds. The van der Waals surface area contributed by atoms with E-state index in [0.29, 0.717) is 36.1 Å². The molecule has 2 atom stereocenters. The lowest BCUT2D eigenvalue weighted by Crippen LogP contribution is -2.34. The van der Waals surface area contributed by atoms with Gasteiger partial charge in [-0.25, -0.2) is 0 Å². The SMILES string of the molecule is CC1CCN(C(=O)CCC2Cc3ccccc3NC2=O)c2cc(Cl)ccc2S1. The summed E-state index contributed by atoms with van der Waals surface area (Å²) in [6, 6.07) is 13.6. The van der Waals surface area contributed by atoms with Crippen molar-refractivity contribution in [3.05, 3.63) is 53.1 Å². The van der Waals surface area contributed by atoms with Gasteiger partial charge in [-0.2, -0.15) is 0 Å². The Hall–Kier alpha value is -1.98. The third kappa shape index (κ3) is 4.06. The Balaban J connectivity index is 1.47. The molecule has 4 rings (SSSR count). The van der Waals surface area contributed by atoms with Gasteiger partial charge in [0.2, 0.25) is 11.8 Å². The number of amides is 2. The van der Waals surface area contributed by atoms with Gasteiger partial charge in [0.25, 0.3) is 0 Å². The number of thioether (sulfide) groups is 1. The molecule has 2 aliphatic rings. The number of carbonyl (C=O) groups is 2. The van der Waals surface area contributed by atoms with Crippen molar-refractivity contribution in [2.45, 2.75) is 42.8 Å². The van der Waals surface area contributed by atoms with Gasteiger partial charge in [0, 0.05) is 39.7 Å². The number of rotatable bonds is 3. The summed E-state index contributed by atoms with van der Waals surface area (Å²) < 4.78 is 0. The summed E-state index contributed by atoms with van der Waals surface area (Å²) in [5.41, 5.74) is 2.92. The number of para-hydroxylation sites is 1. The highest BCUT2D eigenvalue weighted by Gasteiger charge is 2.29. The first-order chi connectivity index (χ1) is 13.5. The second kappa shape index (κ2) is 8.18. The summed E-state index contributed by atoms with van der Waals surface area (Å²) >= 11 is 7.99. The monoisotopic (exact) mass is 414 g/mol. The number of carbonyl (C=O) groups excluding carboxylic acids is 2. The van der Waals surface area contributed by atoms with E-state index < -0.39 is 0 Å². The Morgan fingerprint density at radius 1 is 1.29 bits per heavy atom. The molecule has 28 heavy (non-hydrogen) atoms. The summed E-state index contributed by atoms with van der Waals surface area (Å²) in [5.74, 6) is -0.0992. The summed E-state index contributed by atoms with van der Waals surface area (Å²) in [6.45, 7) is 2.86. The number of hydrogen-bond acceptors (Lipinski definition) is 3. The van der Waals surface area contributed by atoms with Gasteiger partial charge < -0.3 is 10.2 Å². The molecule has 4 nitrogen and oxygen atoms in total. The van der Waals surface area contributed by atoms with Crippen LogP contribution in [0.25, 0.3) is 0 Å². The highest BCUT2D eigenvalue weighted by atomic mass is 35.5. The van der Waals surface area contributed by atoms with Gasteiger partial charge in [0.05, 0.1) is 5.69 Å². The summed E-state index contributed by atoms with van der Waals surface area (Å²) in [5, 5.41) is 4.04. The van der Waals surface area contributed by atoms with Gasteiger partial charge in [-0.3, -0.25) is 9.59 Å². The minimum atomic E-state index is -0.169. The van der Waals surface area contributed by atoms with Gasteiger partial charge in [-0.05, 0) is 49.1 Å². The lowest BCUT2D eigenvalue weighted by atomic mass is 9.89. The Morgan fingerprint density at radius 3 is 2.96 bits per heavy atom. The number of nitrogens with one attached hydrogen (secondary N) is 1. The van der Waals surface area contributed by atoms with Crippen LogP contribution in [0.2, 0.25) is 5.02 Å². The van der Waals surface area contributed by atoms with Crippen LogP contribution in [0.3, 0.4) is 0 Å². The van der Waals surface area contributed by atoms with Gasteiger partial charge >= 0.3 is 0 Å². The van der Waals surface area contributed by atoms with E-state index in [1.54, 1.807) is 11.8 Å². The van der Waals surface area contributed by atoms with Crippen LogP contribution in [-0.2, 0) is 16.0 Å². The molecule has 0 spiro atoms. The number of hydrogen-bond donors (Lipinski definition) is 1. The fourth-order valence-corrected chi connectivity index (χ4v) is 5.11. The van der Waals surface area contributed by atoms with Crippen LogP contribution in [-0.4, -0.2) is 23.6 Å². The number of anilines is 2. The first-order valence-electron chi connectivity index (χ1n) is 9.66. The highest BCUT2D eigenvalue weighted by Crippen LogP contribution is 2.39. The van der Waals surface area contributed by atoms with Crippen molar-refractivity contribution in [1.82, 2.24) is 0 Å². The maximum atomic E-state index is 13.1. The van der Waals surface area contributed by atoms with E-state index >= 15 is 0 Å². The molecule has 2 aliphatic heterocycles. The van der Waals surface area contributed by atoms with E-state index in [4.69, 9.17) is 11.6 Å². The fraction of sp³-hybridized carbons (Fsp3) is 0.364. The molecule has 0 radical (unpaired) electrons. The molecule has 2 heterocycles. The van der Waals surface area contributed by atoms with E-state index in [2.05, 4.69) is 12.2 Å². The molecule has 0 fully saturated rings. The van der Waals surface area contributed by atoms with Crippen molar-refractivity contribution in [3.63, 3.8) is 0 Å². The second-order valence-corrected chi connectivity index (χ2v) is 9.38. The third-order valence-electron chi connectivity index (χ3n) is 5.42. The molecule has 0 aromatic heterocycles. The summed E-state index contributed by atoms with van der Waals surface area (Å²) in [4.78, 5) is 28.4. The second-order valence-electron chi connectivity index (χ2n) is 7.46. The zero-order valence-electron chi connectivity index (χ0n) is 15.8. The normalized spacial score (nSPS) is 21.4. The molecule has 0 saturated carbocycles. The van der Waals surface area contributed by atoms with Crippen molar-refractivity contribution in [3.8, 4) is 0 Å². The average Bonchev–Trinajstić information content (AvgIpc) is 2.84. The lowest BCUT2D eigenvalue weighted by Gasteiger charge is -2.26. The molecule has 2 aromatic rings. The Kier molecular flexibility index (Phi) is 5.65. The van der Waals surface area contributed by atoms with Crippen molar-refractivity contribution in [1.29, 1.82) is 0 Å². The number of fused-ring (bicyclic) bond motifs is 2. The minimum Gasteiger partial charge on any atom is -0.326 e.